The first-order valence-electron chi connectivity index (χ1n) is 10.7. The maximum absolute atomic E-state index is 12.4. The van der Waals surface area contributed by atoms with Crippen molar-refractivity contribution in [2.75, 3.05) is 18.4 Å². The van der Waals surface area contributed by atoms with Gasteiger partial charge in [0.05, 0.1) is 10.6 Å². The number of amides is 3. The Kier molecular flexibility index (Phi) is 5.37. The Morgan fingerprint density at radius 3 is 2.76 bits per heavy atom. The highest BCUT2D eigenvalue weighted by atomic mass is 32.1. The van der Waals surface area contributed by atoms with Crippen LogP contribution in [0, 0.1) is 0 Å². The van der Waals surface area contributed by atoms with Crippen molar-refractivity contribution in [3.8, 4) is 27.4 Å². The number of rotatable bonds is 6. The van der Waals surface area contributed by atoms with E-state index in [2.05, 4.69) is 20.6 Å². The van der Waals surface area contributed by atoms with E-state index in [1.165, 1.54) is 4.90 Å². The molecule has 1 fully saturated rings. The topological polar surface area (TPSA) is 120 Å². The Labute approximate surface area is 199 Å². The summed E-state index contributed by atoms with van der Waals surface area (Å²) in [6.07, 6.45) is 5.27. The van der Waals surface area contributed by atoms with Crippen molar-refractivity contribution in [2.45, 2.75) is 19.4 Å². The molecule has 4 heterocycles. The van der Waals surface area contributed by atoms with E-state index in [-0.39, 0.29) is 18.2 Å². The normalized spacial score (nSPS) is 15.1. The van der Waals surface area contributed by atoms with Gasteiger partial charge >= 0.3 is 6.03 Å². The van der Waals surface area contributed by atoms with Crippen LogP contribution >= 0.6 is 11.3 Å². The molecule has 0 unspecified atom stereocenters. The number of benzene rings is 1. The quantitative estimate of drug-likeness (QED) is 0.363. The second-order valence-corrected chi connectivity index (χ2v) is 9.55. The number of carbonyl (C=O) groups excluding carboxylic acids is 2. The third-order valence-corrected chi connectivity index (χ3v) is 6.68. The fourth-order valence-corrected chi connectivity index (χ4v) is 4.87. The van der Waals surface area contributed by atoms with E-state index >= 15 is 0 Å². The van der Waals surface area contributed by atoms with Gasteiger partial charge in [-0.25, -0.2) is 14.8 Å². The van der Waals surface area contributed by atoms with E-state index in [0.717, 1.165) is 26.1 Å². The van der Waals surface area contributed by atoms with Gasteiger partial charge in [0.15, 0.2) is 0 Å². The molecular formula is C24H22N6O3S. The Morgan fingerprint density at radius 1 is 1.18 bits per heavy atom. The Balaban J connectivity index is 1.45. The molecule has 4 aromatic rings. The lowest BCUT2D eigenvalue weighted by Gasteiger charge is -2.16. The van der Waals surface area contributed by atoms with Crippen LogP contribution in [-0.4, -0.2) is 55.5 Å². The van der Waals surface area contributed by atoms with E-state index in [0.29, 0.717) is 18.2 Å². The Morgan fingerprint density at radius 2 is 2.03 bits per heavy atom. The summed E-state index contributed by atoms with van der Waals surface area (Å²) in [6.45, 7) is 3.85. The molecule has 34 heavy (non-hydrogen) atoms. The van der Waals surface area contributed by atoms with E-state index in [1.54, 1.807) is 55.8 Å². The number of aromatic hydroxyl groups is 1. The zero-order valence-corrected chi connectivity index (χ0v) is 19.4. The lowest BCUT2D eigenvalue weighted by molar-refractivity contribution is -0.130. The van der Waals surface area contributed by atoms with Gasteiger partial charge in [-0.05, 0) is 43.7 Å². The summed E-state index contributed by atoms with van der Waals surface area (Å²) in [4.78, 5) is 40.0. The average Bonchev–Trinajstić information content (AvgIpc) is 3.32. The van der Waals surface area contributed by atoms with Crippen molar-refractivity contribution >= 4 is 39.3 Å². The molecule has 9 nitrogen and oxygen atoms in total. The number of phenols is 1. The zero-order chi connectivity index (χ0) is 23.9. The van der Waals surface area contributed by atoms with Crippen LogP contribution in [0.3, 0.4) is 0 Å². The fraction of sp³-hybridized carbons (Fsp3) is 0.208. The number of imide groups is 1. The molecule has 5 rings (SSSR count). The third kappa shape index (κ3) is 4.03. The predicted molar refractivity (Wildman–Crippen MR) is 131 cm³/mol. The minimum atomic E-state index is -0.903. The lowest BCUT2D eigenvalue weighted by Crippen LogP contribution is -2.40. The molecule has 1 saturated heterocycles. The van der Waals surface area contributed by atoms with Crippen molar-refractivity contribution in [1.82, 2.24) is 25.2 Å². The summed E-state index contributed by atoms with van der Waals surface area (Å²) >= 11 is 1.59. The molecule has 3 aromatic heterocycles. The summed E-state index contributed by atoms with van der Waals surface area (Å²) in [7, 11) is 0. The number of nitrogens with zero attached hydrogens (tertiary/aromatic N) is 4. The van der Waals surface area contributed by atoms with Crippen LogP contribution in [-0.2, 0) is 4.79 Å². The monoisotopic (exact) mass is 474 g/mol. The summed E-state index contributed by atoms with van der Waals surface area (Å²) in [5, 5.41) is 16.8. The maximum atomic E-state index is 12.4. The van der Waals surface area contributed by atoms with Gasteiger partial charge in [-0.2, -0.15) is 0 Å². The number of phenolic OH excluding ortho intramolecular Hbond substituents is 1. The van der Waals surface area contributed by atoms with Gasteiger partial charge in [0.1, 0.15) is 11.3 Å². The van der Waals surface area contributed by atoms with E-state index in [1.807, 2.05) is 24.4 Å². The minimum absolute atomic E-state index is 0.155. The second kappa shape index (κ2) is 8.38. The number of hydrogen-bond donors (Lipinski definition) is 3. The zero-order valence-electron chi connectivity index (χ0n) is 18.6. The van der Waals surface area contributed by atoms with Gasteiger partial charge in [0, 0.05) is 47.3 Å². The number of aromatic nitrogens is 3. The summed E-state index contributed by atoms with van der Waals surface area (Å²) in [6, 6.07) is 10.5. The van der Waals surface area contributed by atoms with Crippen LogP contribution in [0.4, 0.5) is 10.7 Å². The van der Waals surface area contributed by atoms with Crippen LogP contribution in [0.25, 0.3) is 31.8 Å². The van der Waals surface area contributed by atoms with Gasteiger partial charge in [0.2, 0.25) is 5.95 Å². The molecule has 172 valence electrons. The molecular weight excluding hydrogens is 452 g/mol. The molecule has 0 bridgehead atoms. The van der Waals surface area contributed by atoms with E-state index < -0.39 is 11.6 Å². The number of fused-ring (bicyclic) bond motifs is 1. The maximum Gasteiger partial charge on any atom is 0.325 e. The average molecular weight is 475 g/mol. The summed E-state index contributed by atoms with van der Waals surface area (Å²) in [5.74, 6) is 0.266. The van der Waals surface area contributed by atoms with Crippen molar-refractivity contribution in [2.24, 2.45) is 0 Å². The predicted octanol–water partition coefficient (Wildman–Crippen LogP) is 3.87. The standard InChI is InChI=1S/C24H22N6O3S/c1-24(2)21(32)30(23(33)29-24)9-8-26-22-27-13-17(14-4-3-5-16(31)10-14)20(28-22)19-11-15-12-25-7-6-18(15)34-19/h3-7,10-13,31H,8-9H2,1-2H3,(H,29,33)(H,26,27,28). The van der Waals surface area contributed by atoms with Crippen molar-refractivity contribution in [3.05, 3.63) is 55.0 Å². The number of urea groups is 1. The highest BCUT2D eigenvalue weighted by molar-refractivity contribution is 7.22. The molecule has 0 atom stereocenters. The SMILES string of the molecule is CC1(C)NC(=O)N(CCNc2ncc(-c3cccc(O)c3)c(-c3cc4cnccc4s3)n2)C1=O. The summed E-state index contributed by atoms with van der Waals surface area (Å²) < 4.78 is 1.08. The first-order valence-corrected chi connectivity index (χ1v) is 11.5. The Bertz CT molecular complexity index is 1380. The molecule has 0 aliphatic carbocycles. The largest absolute Gasteiger partial charge is 0.508 e. The lowest BCUT2D eigenvalue weighted by atomic mass is 10.0. The van der Waals surface area contributed by atoms with Crippen LogP contribution in [0.15, 0.2) is 55.0 Å². The van der Waals surface area contributed by atoms with Crippen LogP contribution < -0.4 is 10.6 Å². The molecule has 3 amide bonds. The first kappa shape index (κ1) is 21.8. The van der Waals surface area contributed by atoms with Crippen LogP contribution in [0.1, 0.15) is 13.8 Å². The van der Waals surface area contributed by atoms with Gasteiger partial charge in [-0.15, -0.1) is 11.3 Å². The van der Waals surface area contributed by atoms with Gasteiger partial charge < -0.3 is 15.7 Å². The molecule has 0 spiro atoms. The third-order valence-electron chi connectivity index (χ3n) is 5.56. The number of hydrogen-bond acceptors (Lipinski definition) is 8. The highest BCUT2D eigenvalue weighted by Crippen LogP contribution is 2.38. The Hall–Kier alpha value is -4.05. The van der Waals surface area contributed by atoms with Gasteiger partial charge in [0.25, 0.3) is 5.91 Å². The van der Waals surface area contributed by atoms with Gasteiger partial charge in [-0.1, -0.05) is 12.1 Å². The van der Waals surface area contributed by atoms with Crippen LogP contribution in [0.2, 0.25) is 0 Å². The second-order valence-electron chi connectivity index (χ2n) is 8.47. The molecule has 1 aromatic carbocycles. The van der Waals surface area contributed by atoms with Gasteiger partial charge in [-0.3, -0.25) is 14.7 Å². The van der Waals surface area contributed by atoms with E-state index in [4.69, 9.17) is 4.98 Å². The number of nitrogens with one attached hydrogen (secondary N) is 2. The smallest absolute Gasteiger partial charge is 0.325 e. The number of pyridine rings is 1. The van der Waals surface area contributed by atoms with Crippen molar-refractivity contribution in [1.29, 1.82) is 0 Å². The number of anilines is 1. The summed E-state index contributed by atoms with van der Waals surface area (Å²) in [5.41, 5.74) is 1.37. The molecule has 0 saturated carbocycles. The first-order chi connectivity index (χ1) is 16.3. The molecule has 3 N–H and O–H groups in total. The molecule has 1 aliphatic rings. The van der Waals surface area contributed by atoms with E-state index in [9.17, 15) is 14.7 Å². The molecule has 0 radical (unpaired) electrons. The fourth-order valence-electron chi connectivity index (χ4n) is 3.84. The van der Waals surface area contributed by atoms with Crippen LogP contribution in [0.5, 0.6) is 5.75 Å². The van der Waals surface area contributed by atoms with Crippen molar-refractivity contribution in [3.63, 3.8) is 0 Å². The highest BCUT2D eigenvalue weighted by Gasteiger charge is 2.43. The molecule has 1 aliphatic heterocycles. The molecule has 10 heteroatoms. The number of carbonyl (C=O) groups is 2. The number of thiophene rings is 1. The van der Waals surface area contributed by atoms with Crippen molar-refractivity contribution < 1.29 is 14.7 Å². The minimum Gasteiger partial charge on any atom is -0.508 e.